The summed E-state index contributed by atoms with van der Waals surface area (Å²) in [7, 11) is 0. The molecule has 3 nitrogen and oxygen atoms in total. The van der Waals surface area contributed by atoms with Crippen molar-refractivity contribution in [1.29, 1.82) is 0 Å². The van der Waals surface area contributed by atoms with Crippen LogP contribution in [0.3, 0.4) is 0 Å². The lowest BCUT2D eigenvalue weighted by Crippen LogP contribution is -2.06. The van der Waals surface area contributed by atoms with Gasteiger partial charge in [-0.1, -0.05) is 67.7 Å². The van der Waals surface area contributed by atoms with E-state index in [1.165, 1.54) is 0 Å². The number of allylic oxidation sites excluding steroid dienone is 10. The lowest BCUT2D eigenvalue weighted by Gasteiger charge is -2.02. The van der Waals surface area contributed by atoms with Crippen LogP contribution in [0.2, 0.25) is 0 Å². The highest BCUT2D eigenvalue weighted by atomic mass is 35.5. The molecule has 0 amide bonds. The predicted octanol–water partition coefficient (Wildman–Crippen LogP) is 7.00. The van der Waals surface area contributed by atoms with Crippen LogP contribution in [0.4, 0.5) is 0 Å². The number of carbonyl (C=O) groups excluding carboxylic acids is 2. The second kappa shape index (κ2) is 21.4. The molecule has 0 saturated carbocycles. The summed E-state index contributed by atoms with van der Waals surface area (Å²) >= 11 is 5.21. The molecule has 0 aromatic carbocycles. The van der Waals surface area contributed by atoms with E-state index in [4.69, 9.17) is 16.3 Å². The molecule has 0 heterocycles. The molecule has 4 heteroatoms. The zero-order valence-electron chi connectivity index (χ0n) is 17.2. The van der Waals surface area contributed by atoms with Crippen LogP contribution in [-0.2, 0) is 14.3 Å². The third-order valence-electron chi connectivity index (χ3n) is 3.69. The molecule has 156 valence electrons. The number of rotatable bonds is 17. The summed E-state index contributed by atoms with van der Waals surface area (Å²) in [5.41, 5.74) is 0. The van der Waals surface area contributed by atoms with E-state index in [2.05, 4.69) is 67.7 Å². The number of esters is 1. The van der Waals surface area contributed by atoms with Gasteiger partial charge in [0.15, 0.2) is 0 Å². The molecule has 0 aromatic heterocycles. The van der Waals surface area contributed by atoms with E-state index in [-0.39, 0.29) is 19.0 Å². The molecular weight excluding hydrogens is 372 g/mol. The summed E-state index contributed by atoms with van der Waals surface area (Å²) in [4.78, 5) is 22.0. The quantitative estimate of drug-likeness (QED) is 0.113. The van der Waals surface area contributed by atoms with E-state index >= 15 is 0 Å². The summed E-state index contributed by atoms with van der Waals surface area (Å²) in [5, 5.41) is -0.394. The molecule has 0 aliphatic carbocycles. The smallest absolute Gasteiger partial charge is 0.305 e. The molecule has 0 unspecified atom stereocenters. The van der Waals surface area contributed by atoms with Crippen LogP contribution in [0.5, 0.6) is 0 Å². The first kappa shape index (κ1) is 26.1. The maximum Gasteiger partial charge on any atom is 0.305 e. The summed E-state index contributed by atoms with van der Waals surface area (Å²) < 4.78 is 5.02. The lowest BCUT2D eigenvalue weighted by molar-refractivity contribution is -0.144. The van der Waals surface area contributed by atoms with Crippen molar-refractivity contribution >= 4 is 22.8 Å². The van der Waals surface area contributed by atoms with Gasteiger partial charge in [0.2, 0.25) is 5.24 Å². The zero-order valence-corrected chi connectivity index (χ0v) is 17.9. The van der Waals surface area contributed by atoms with Gasteiger partial charge in [-0.3, -0.25) is 9.59 Å². The van der Waals surface area contributed by atoms with Crippen LogP contribution in [0, 0.1) is 0 Å². The minimum atomic E-state index is -0.394. The average Bonchev–Trinajstić information content (AvgIpc) is 2.67. The fourth-order valence-electron chi connectivity index (χ4n) is 2.20. The van der Waals surface area contributed by atoms with Crippen molar-refractivity contribution in [3.8, 4) is 0 Å². The molecule has 0 fully saturated rings. The first-order chi connectivity index (χ1) is 13.7. The van der Waals surface area contributed by atoms with E-state index in [9.17, 15) is 9.59 Å². The number of halogens is 1. The Bertz CT molecular complexity index is 542. The zero-order chi connectivity index (χ0) is 20.7. The number of ether oxygens (including phenoxy) is 1. The Morgan fingerprint density at radius 3 is 1.71 bits per heavy atom. The number of hydrogen-bond donors (Lipinski definition) is 0. The fourth-order valence-corrected chi connectivity index (χ4v) is 2.34. The van der Waals surface area contributed by atoms with E-state index in [1.54, 1.807) is 0 Å². The van der Waals surface area contributed by atoms with Crippen LogP contribution in [-0.4, -0.2) is 17.8 Å². The van der Waals surface area contributed by atoms with Crippen LogP contribution in [0.25, 0.3) is 0 Å². The maximum atomic E-state index is 11.5. The highest BCUT2D eigenvalue weighted by Crippen LogP contribution is 2.02. The molecule has 0 aromatic rings. The van der Waals surface area contributed by atoms with Crippen LogP contribution >= 0.6 is 11.6 Å². The molecule has 28 heavy (non-hydrogen) atoms. The summed E-state index contributed by atoms with van der Waals surface area (Å²) in [6.45, 7) is 2.41. The molecule has 0 aliphatic heterocycles. The van der Waals surface area contributed by atoms with Gasteiger partial charge in [0.1, 0.15) is 0 Å². The third kappa shape index (κ3) is 22.2. The molecule has 0 atom stereocenters. The normalized spacial score (nSPS) is 12.4. The van der Waals surface area contributed by atoms with Crippen molar-refractivity contribution in [2.45, 2.75) is 71.1 Å². The van der Waals surface area contributed by atoms with Gasteiger partial charge in [0.05, 0.1) is 6.61 Å². The SMILES string of the molecule is CC/C=C\C/C=C\C/C=C\C/C=C\C/C=C\CCCC(=O)OCCCC(=O)Cl. The Hall–Kier alpha value is -1.87. The predicted molar refractivity (Wildman–Crippen MR) is 119 cm³/mol. The lowest BCUT2D eigenvalue weighted by atomic mass is 10.2. The van der Waals surface area contributed by atoms with Gasteiger partial charge in [0.25, 0.3) is 0 Å². The monoisotopic (exact) mass is 406 g/mol. The topological polar surface area (TPSA) is 43.4 Å². The van der Waals surface area contributed by atoms with E-state index < -0.39 is 5.24 Å². The Morgan fingerprint density at radius 2 is 1.21 bits per heavy atom. The van der Waals surface area contributed by atoms with Crippen molar-refractivity contribution in [3.63, 3.8) is 0 Å². The van der Waals surface area contributed by atoms with Gasteiger partial charge in [-0.25, -0.2) is 0 Å². The summed E-state index contributed by atoms with van der Waals surface area (Å²) in [6, 6.07) is 0. The van der Waals surface area contributed by atoms with Crippen molar-refractivity contribution in [1.82, 2.24) is 0 Å². The molecule has 0 bridgehead atoms. The molecule has 0 aliphatic rings. The number of hydrogen-bond acceptors (Lipinski definition) is 3. The summed E-state index contributed by atoms with van der Waals surface area (Å²) in [6.07, 6.45) is 29.4. The molecule has 0 N–H and O–H groups in total. The van der Waals surface area contributed by atoms with E-state index in [0.29, 0.717) is 12.8 Å². The first-order valence-corrected chi connectivity index (χ1v) is 10.6. The Kier molecular flexibility index (Phi) is 20.0. The average molecular weight is 407 g/mol. The van der Waals surface area contributed by atoms with E-state index in [0.717, 1.165) is 44.9 Å². The minimum absolute atomic E-state index is 0.214. The number of carbonyl (C=O) groups is 2. The summed E-state index contributed by atoms with van der Waals surface area (Å²) in [5.74, 6) is -0.214. The standard InChI is InChI=1S/C24H35ClO3/c1-2-3-4-5-6-7-8-9-10-11-12-13-14-15-16-17-18-21-24(27)28-22-19-20-23(25)26/h3-4,6-7,9-10,12-13,15-16H,2,5,8,11,14,17-22H2,1H3/b4-3-,7-6-,10-9-,13-12-,16-15-. The Morgan fingerprint density at radius 1 is 0.714 bits per heavy atom. The molecule has 0 rings (SSSR count). The van der Waals surface area contributed by atoms with Gasteiger partial charge >= 0.3 is 5.97 Å². The molecule has 0 radical (unpaired) electrons. The van der Waals surface area contributed by atoms with Gasteiger partial charge in [-0.15, -0.1) is 0 Å². The largest absolute Gasteiger partial charge is 0.466 e. The highest BCUT2D eigenvalue weighted by Gasteiger charge is 2.02. The van der Waals surface area contributed by atoms with Crippen LogP contribution < -0.4 is 0 Å². The van der Waals surface area contributed by atoms with Gasteiger partial charge < -0.3 is 4.74 Å². The second-order valence-electron chi connectivity index (χ2n) is 6.28. The van der Waals surface area contributed by atoms with Crippen molar-refractivity contribution in [2.75, 3.05) is 6.61 Å². The van der Waals surface area contributed by atoms with Crippen molar-refractivity contribution in [3.05, 3.63) is 60.8 Å². The third-order valence-corrected chi connectivity index (χ3v) is 3.88. The highest BCUT2D eigenvalue weighted by molar-refractivity contribution is 6.63. The maximum absolute atomic E-state index is 11.5. The van der Waals surface area contributed by atoms with Crippen LogP contribution in [0.15, 0.2) is 60.8 Å². The number of unbranched alkanes of at least 4 members (excludes halogenated alkanes) is 1. The van der Waals surface area contributed by atoms with Gasteiger partial charge in [-0.2, -0.15) is 0 Å². The van der Waals surface area contributed by atoms with Crippen LogP contribution in [0.1, 0.15) is 71.1 Å². The minimum Gasteiger partial charge on any atom is -0.466 e. The molecule has 0 spiro atoms. The molecule has 0 saturated heterocycles. The van der Waals surface area contributed by atoms with Gasteiger partial charge in [0, 0.05) is 12.8 Å². The van der Waals surface area contributed by atoms with E-state index in [1.807, 2.05) is 0 Å². The van der Waals surface area contributed by atoms with Crippen molar-refractivity contribution in [2.24, 2.45) is 0 Å². The van der Waals surface area contributed by atoms with Gasteiger partial charge in [-0.05, 0) is 63.0 Å². The second-order valence-corrected chi connectivity index (χ2v) is 6.70. The molecular formula is C24H35ClO3. The first-order valence-electron chi connectivity index (χ1n) is 10.3. The Balaban J connectivity index is 3.51. The fraction of sp³-hybridized carbons (Fsp3) is 0.500. The van der Waals surface area contributed by atoms with Crippen molar-refractivity contribution < 1.29 is 14.3 Å². The Labute approximate surface area is 175 Å².